The van der Waals surface area contributed by atoms with Crippen LogP contribution in [0.3, 0.4) is 0 Å². The number of carbonyl (C=O) groups is 1. The van der Waals surface area contributed by atoms with E-state index >= 15 is 0 Å². The smallest absolute Gasteiger partial charge is 0.274 e. The molecule has 0 bridgehead atoms. The van der Waals surface area contributed by atoms with E-state index in [1.54, 1.807) is 25.1 Å². The van der Waals surface area contributed by atoms with Crippen molar-refractivity contribution in [3.05, 3.63) is 35.3 Å². The molecule has 0 radical (unpaired) electrons. The molecule has 0 saturated carbocycles. The lowest BCUT2D eigenvalue weighted by Gasteiger charge is -2.09. The fourth-order valence-corrected chi connectivity index (χ4v) is 2.40. The van der Waals surface area contributed by atoms with E-state index in [0.29, 0.717) is 16.3 Å². The van der Waals surface area contributed by atoms with Crippen LogP contribution in [0.2, 0.25) is 5.02 Å². The molecule has 1 unspecified atom stereocenters. The Bertz CT molecular complexity index is 725. The maximum absolute atomic E-state index is 13.1. The highest BCUT2D eigenvalue weighted by atomic mass is 35.5. The van der Waals surface area contributed by atoms with Crippen molar-refractivity contribution >= 4 is 17.5 Å². The summed E-state index contributed by atoms with van der Waals surface area (Å²) in [7, 11) is 1.51. The van der Waals surface area contributed by atoms with Crippen LogP contribution in [0.4, 0.5) is 4.39 Å². The zero-order valence-corrected chi connectivity index (χ0v) is 15.2. The minimum atomic E-state index is -1.47. The van der Waals surface area contributed by atoms with Crippen LogP contribution in [-0.2, 0) is 9.47 Å². The standard InChI is InChI=1S/C17H20ClFN2O5/c1-3-25-14(19)9-24-7-6-20-17(22)15-16(26-10-21-15)11-4-5-13(23-2)12(18)8-11/h4-5,8,10,14H,3,6-7,9H2,1-2H3,(H,20,22)/i19-1. The third kappa shape index (κ3) is 5.42. The summed E-state index contributed by atoms with van der Waals surface area (Å²) in [5.74, 6) is 0.357. The second-order valence-corrected chi connectivity index (χ2v) is 5.48. The van der Waals surface area contributed by atoms with Crippen molar-refractivity contribution in [2.75, 3.05) is 33.5 Å². The number of hydrogen-bond acceptors (Lipinski definition) is 6. The number of nitrogens with zero attached hydrogens (tertiary/aromatic N) is 1. The summed E-state index contributed by atoms with van der Waals surface area (Å²) in [6.45, 7) is 2.10. The lowest BCUT2D eigenvalue weighted by Crippen LogP contribution is -2.29. The number of amides is 1. The SMILES string of the molecule is CCOC([18F])COCCNC(=O)c1ncoc1-c1ccc(OC)c(Cl)c1. The van der Waals surface area contributed by atoms with E-state index in [9.17, 15) is 9.18 Å². The molecule has 7 nitrogen and oxygen atoms in total. The molecule has 1 aromatic heterocycles. The molecule has 9 heteroatoms. The van der Waals surface area contributed by atoms with Crippen molar-refractivity contribution in [2.45, 2.75) is 13.3 Å². The third-order valence-corrected chi connectivity index (χ3v) is 3.62. The summed E-state index contributed by atoms with van der Waals surface area (Å²) in [5.41, 5.74) is 0.704. The Morgan fingerprint density at radius 3 is 2.96 bits per heavy atom. The van der Waals surface area contributed by atoms with Gasteiger partial charge in [0, 0.05) is 18.7 Å². The summed E-state index contributed by atoms with van der Waals surface area (Å²) in [6.07, 6.45) is -0.299. The number of hydrogen-bond donors (Lipinski definition) is 1. The zero-order chi connectivity index (χ0) is 18.9. The molecule has 0 aliphatic heterocycles. The lowest BCUT2D eigenvalue weighted by molar-refractivity contribution is -0.0831. The summed E-state index contributed by atoms with van der Waals surface area (Å²) in [6, 6.07) is 5.00. The predicted molar refractivity (Wildman–Crippen MR) is 93.2 cm³/mol. The van der Waals surface area contributed by atoms with Crippen molar-refractivity contribution < 1.29 is 27.8 Å². The van der Waals surface area contributed by atoms with E-state index in [0.717, 1.165) is 0 Å². The van der Waals surface area contributed by atoms with Gasteiger partial charge in [-0.2, -0.15) is 0 Å². The number of ether oxygens (including phenoxy) is 3. The van der Waals surface area contributed by atoms with Crippen LogP contribution in [0.15, 0.2) is 29.0 Å². The molecule has 1 amide bonds. The Morgan fingerprint density at radius 1 is 1.46 bits per heavy atom. The average molecular weight is 386 g/mol. The molecule has 0 aliphatic carbocycles. The van der Waals surface area contributed by atoms with Crippen molar-refractivity contribution in [3.63, 3.8) is 0 Å². The van der Waals surface area contributed by atoms with E-state index in [-0.39, 0.29) is 37.8 Å². The number of nitrogens with one attached hydrogen (secondary N) is 1. The number of methoxy groups -OCH3 is 1. The maximum Gasteiger partial charge on any atom is 0.274 e. The normalized spacial score (nSPS) is 12.0. The van der Waals surface area contributed by atoms with Gasteiger partial charge < -0.3 is 23.9 Å². The quantitative estimate of drug-likeness (QED) is 0.633. The highest BCUT2D eigenvalue weighted by Crippen LogP contribution is 2.31. The van der Waals surface area contributed by atoms with Crippen LogP contribution in [0.25, 0.3) is 11.3 Å². The Balaban J connectivity index is 1.91. The molecule has 1 atom stereocenters. The number of oxazole rings is 1. The third-order valence-electron chi connectivity index (χ3n) is 3.32. The van der Waals surface area contributed by atoms with Gasteiger partial charge in [-0.3, -0.25) is 4.79 Å². The van der Waals surface area contributed by atoms with Gasteiger partial charge in [-0.25, -0.2) is 9.37 Å². The lowest BCUT2D eigenvalue weighted by atomic mass is 10.1. The number of aromatic nitrogens is 1. The molecule has 142 valence electrons. The van der Waals surface area contributed by atoms with E-state index in [1.165, 1.54) is 13.5 Å². The van der Waals surface area contributed by atoms with Gasteiger partial charge in [-0.05, 0) is 25.1 Å². The molecule has 0 spiro atoms. The van der Waals surface area contributed by atoms with Crippen LogP contribution in [-0.4, -0.2) is 50.7 Å². The Labute approximate surface area is 155 Å². The van der Waals surface area contributed by atoms with Crippen LogP contribution in [0.1, 0.15) is 17.4 Å². The number of benzene rings is 1. The topological polar surface area (TPSA) is 82.8 Å². The molecular weight excluding hydrogens is 366 g/mol. The zero-order valence-electron chi connectivity index (χ0n) is 14.5. The second-order valence-electron chi connectivity index (χ2n) is 5.08. The molecular formula is C17H20ClFN2O5. The van der Waals surface area contributed by atoms with Gasteiger partial charge in [0.25, 0.3) is 5.91 Å². The largest absolute Gasteiger partial charge is 0.495 e. The Hall–Kier alpha value is -2.16. The Morgan fingerprint density at radius 2 is 2.27 bits per heavy atom. The molecule has 1 heterocycles. The molecule has 0 aliphatic rings. The Kier molecular flexibility index (Phi) is 7.83. The molecule has 2 aromatic rings. The average Bonchev–Trinajstić information content (AvgIpc) is 3.11. The minimum absolute atomic E-state index is 0.115. The summed E-state index contributed by atoms with van der Waals surface area (Å²) >= 11 is 6.10. The number of carbonyl (C=O) groups excluding carboxylic acids is 1. The van der Waals surface area contributed by atoms with Crippen LogP contribution in [0, 0.1) is 0 Å². The number of halogens is 2. The predicted octanol–water partition coefficient (Wildman–Crippen LogP) is 3.08. The van der Waals surface area contributed by atoms with Crippen LogP contribution < -0.4 is 10.1 Å². The van der Waals surface area contributed by atoms with Crippen molar-refractivity contribution in [2.24, 2.45) is 0 Å². The first-order valence-corrected chi connectivity index (χ1v) is 8.33. The molecule has 1 N–H and O–H groups in total. The van der Waals surface area contributed by atoms with E-state index in [1.807, 2.05) is 0 Å². The fraction of sp³-hybridized carbons (Fsp3) is 0.412. The van der Waals surface area contributed by atoms with Crippen LogP contribution in [0.5, 0.6) is 5.75 Å². The second kappa shape index (κ2) is 10.1. The first-order chi connectivity index (χ1) is 12.6. The van der Waals surface area contributed by atoms with Gasteiger partial charge in [-0.1, -0.05) is 11.6 Å². The molecule has 2 rings (SSSR count). The minimum Gasteiger partial charge on any atom is -0.495 e. The first kappa shape index (κ1) is 20.2. The van der Waals surface area contributed by atoms with Gasteiger partial charge in [0.1, 0.15) is 12.4 Å². The van der Waals surface area contributed by atoms with Crippen molar-refractivity contribution in [1.29, 1.82) is 0 Å². The molecule has 0 saturated heterocycles. The van der Waals surface area contributed by atoms with E-state index in [2.05, 4.69) is 10.3 Å². The fourth-order valence-electron chi connectivity index (χ4n) is 2.15. The maximum atomic E-state index is 13.1. The van der Waals surface area contributed by atoms with E-state index < -0.39 is 12.3 Å². The number of rotatable bonds is 10. The van der Waals surface area contributed by atoms with Gasteiger partial charge >= 0.3 is 0 Å². The van der Waals surface area contributed by atoms with Gasteiger partial charge in [0.05, 0.1) is 18.7 Å². The van der Waals surface area contributed by atoms with Gasteiger partial charge in [0.15, 0.2) is 17.8 Å². The highest BCUT2D eigenvalue weighted by Gasteiger charge is 2.19. The van der Waals surface area contributed by atoms with Crippen molar-refractivity contribution in [3.8, 4) is 17.1 Å². The summed E-state index contributed by atoms with van der Waals surface area (Å²) < 4.78 is 33.3. The van der Waals surface area contributed by atoms with E-state index in [4.69, 9.17) is 30.2 Å². The molecule has 0 fully saturated rings. The highest BCUT2D eigenvalue weighted by molar-refractivity contribution is 6.32. The summed E-state index contributed by atoms with van der Waals surface area (Å²) in [4.78, 5) is 16.2. The van der Waals surface area contributed by atoms with Crippen LogP contribution >= 0.6 is 11.6 Å². The molecule has 1 aromatic carbocycles. The summed E-state index contributed by atoms with van der Waals surface area (Å²) in [5, 5.41) is 3.02. The molecule has 26 heavy (non-hydrogen) atoms. The van der Waals surface area contributed by atoms with Gasteiger partial charge in [0.2, 0.25) is 6.36 Å². The first-order valence-electron chi connectivity index (χ1n) is 7.95. The van der Waals surface area contributed by atoms with Crippen molar-refractivity contribution in [1.82, 2.24) is 10.3 Å². The number of alkyl halides is 1. The van der Waals surface area contributed by atoms with Gasteiger partial charge in [-0.15, -0.1) is 0 Å². The monoisotopic (exact) mass is 385 g/mol.